The molecule has 17 heavy (non-hydrogen) atoms. The second-order valence-electron chi connectivity index (χ2n) is 4.79. The lowest BCUT2D eigenvalue weighted by Gasteiger charge is -2.34. The van der Waals surface area contributed by atoms with Crippen molar-refractivity contribution in [3.05, 3.63) is 23.8 Å². The Labute approximate surface area is 108 Å². The molecule has 0 aliphatic heterocycles. The quantitative estimate of drug-likeness (QED) is 0.835. The Kier molecular flexibility index (Phi) is 4.00. The molecule has 0 heterocycles. The summed E-state index contributed by atoms with van der Waals surface area (Å²) in [5, 5.41) is 0. The van der Waals surface area contributed by atoms with Crippen LogP contribution in [0.4, 0.5) is 0 Å². The third kappa shape index (κ3) is 2.61. The number of methoxy groups -OCH3 is 1. The van der Waals surface area contributed by atoms with E-state index in [1.54, 1.807) is 18.9 Å². The number of benzene rings is 1. The minimum Gasteiger partial charge on any atom is -0.496 e. The van der Waals surface area contributed by atoms with Crippen molar-refractivity contribution in [3.8, 4) is 5.75 Å². The number of rotatable bonds is 3. The highest BCUT2D eigenvalue weighted by Crippen LogP contribution is 2.38. The van der Waals surface area contributed by atoms with Gasteiger partial charge in [-0.25, -0.2) is 0 Å². The molecule has 0 spiro atoms. The highest BCUT2D eigenvalue weighted by molar-refractivity contribution is 7.98. The zero-order valence-corrected chi connectivity index (χ0v) is 11.5. The van der Waals surface area contributed by atoms with Crippen LogP contribution in [0.25, 0.3) is 0 Å². The third-order valence-electron chi connectivity index (χ3n) is 3.70. The van der Waals surface area contributed by atoms with Gasteiger partial charge in [-0.1, -0.05) is 25.3 Å². The van der Waals surface area contributed by atoms with E-state index in [-0.39, 0.29) is 5.54 Å². The zero-order valence-electron chi connectivity index (χ0n) is 10.7. The minimum atomic E-state index is -0.116. The summed E-state index contributed by atoms with van der Waals surface area (Å²) >= 11 is 1.72. The first-order chi connectivity index (χ1) is 8.19. The standard InChI is InChI=1S/C14H21NOS/c1-16-12-7-6-11(10-13(12)17-2)14(15)8-4-3-5-9-14/h6-7,10H,3-5,8-9,15H2,1-2H3. The molecule has 3 heteroatoms. The van der Waals surface area contributed by atoms with Gasteiger partial charge in [0.1, 0.15) is 5.75 Å². The van der Waals surface area contributed by atoms with Crippen LogP contribution in [-0.4, -0.2) is 13.4 Å². The summed E-state index contributed by atoms with van der Waals surface area (Å²) in [7, 11) is 1.72. The number of ether oxygens (including phenoxy) is 1. The van der Waals surface area contributed by atoms with E-state index in [1.807, 2.05) is 6.07 Å². The van der Waals surface area contributed by atoms with Crippen molar-refractivity contribution in [2.45, 2.75) is 42.5 Å². The van der Waals surface area contributed by atoms with Crippen LogP contribution in [0.5, 0.6) is 5.75 Å². The first-order valence-corrected chi connectivity index (χ1v) is 7.43. The maximum absolute atomic E-state index is 6.55. The molecule has 1 fully saturated rings. The van der Waals surface area contributed by atoms with E-state index in [9.17, 15) is 0 Å². The number of nitrogens with two attached hydrogens (primary N) is 1. The van der Waals surface area contributed by atoms with Gasteiger partial charge in [0, 0.05) is 10.4 Å². The van der Waals surface area contributed by atoms with Gasteiger partial charge in [0.15, 0.2) is 0 Å². The SMILES string of the molecule is COc1ccc(C2(N)CCCCC2)cc1SC. The van der Waals surface area contributed by atoms with Crippen molar-refractivity contribution in [2.24, 2.45) is 5.73 Å². The Morgan fingerprint density at radius 3 is 2.53 bits per heavy atom. The lowest BCUT2D eigenvalue weighted by molar-refractivity contribution is 0.301. The molecule has 1 aromatic rings. The van der Waals surface area contributed by atoms with Crippen LogP contribution in [-0.2, 0) is 5.54 Å². The van der Waals surface area contributed by atoms with Gasteiger partial charge < -0.3 is 10.5 Å². The molecular weight excluding hydrogens is 230 g/mol. The Hall–Kier alpha value is -0.670. The van der Waals surface area contributed by atoms with Gasteiger partial charge in [0.25, 0.3) is 0 Å². The molecule has 94 valence electrons. The normalized spacial score (nSPS) is 19.0. The van der Waals surface area contributed by atoms with Crippen molar-refractivity contribution in [2.75, 3.05) is 13.4 Å². The summed E-state index contributed by atoms with van der Waals surface area (Å²) in [5.41, 5.74) is 7.70. The zero-order chi connectivity index (χ0) is 12.3. The third-order valence-corrected chi connectivity index (χ3v) is 4.46. The molecule has 0 aromatic heterocycles. The van der Waals surface area contributed by atoms with Gasteiger partial charge in [0.05, 0.1) is 7.11 Å². The summed E-state index contributed by atoms with van der Waals surface area (Å²) in [6.07, 6.45) is 8.10. The number of hydrogen-bond acceptors (Lipinski definition) is 3. The molecule has 2 nitrogen and oxygen atoms in total. The monoisotopic (exact) mass is 251 g/mol. The highest BCUT2D eigenvalue weighted by Gasteiger charge is 2.29. The molecule has 2 rings (SSSR count). The van der Waals surface area contributed by atoms with Gasteiger partial charge in [0.2, 0.25) is 0 Å². The van der Waals surface area contributed by atoms with Gasteiger partial charge in [-0.05, 0) is 36.8 Å². The van der Waals surface area contributed by atoms with Crippen molar-refractivity contribution in [1.82, 2.24) is 0 Å². The van der Waals surface area contributed by atoms with Crippen LogP contribution in [0.15, 0.2) is 23.1 Å². The molecule has 0 atom stereocenters. The predicted molar refractivity (Wildman–Crippen MR) is 73.7 cm³/mol. The van der Waals surface area contributed by atoms with E-state index in [2.05, 4.69) is 18.4 Å². The second-order valence-corrected chi connectivity index (χ2v) is 5.63. The summed E-state index contributed by atoms with van der Waals surface area (Å²) in [5.74, 6) is 0.945. The largest absolute Gasteiger partial charge is 0.496 e. The second kappa shape index (κ2) is 5.32. The van der Waals surface area contributed by atoms with E-state index in [4.69, 9.17) is 10.5 Å². The minimum absolute atomic E-state index is 0.116. The van der Waals surface area contributed by atoms with Gasteiger partial charge in [-0.15, -0.1) is 11.8 Å². The smallest absolute Gasteiger partial charge is 0.132 e. The lowest BCUT2D eigenvalue weighted by atomic mass is 9.77. The highest BCUT2D eigenvalue weighted by atomic mass is 32.2. The summed E-state index contributed by atoms with van der Waals surface area (Å²) in [6, 6.07) is 6.38. The molecule has 1 saturated carbocycles. The molecule has 0 saturated heterocycles. The average molecular weight is 251 g/mol. The maximum atomic E-state index is 6.55. The first kappa shape index (κ1) is 12.8. The van der Waals surface area contributed by atoms with E-state index in [0.29, 0.717) is 0 Å². The van der Waals surface area contributed by atoms with Crippen LogP contribution in [0.1, 0.15) is 37.7 Å². The fourth-order valence-electron chi connectivity index (χ4n) is 2.62. The molecule has 0 radical (unpaired) electrons. The predicted octanol–water partition coefficient (Wildman–Crippen LogP) is 3.54. The molecule has 1 aliphatic carbocycles. The molecule has 1 aromatic carbocycles. The summed E-state index contributed by atoms with van der Waals surface area (Å²) in [4.78, 5) is 1.18. The van der Waals surface area contributed by atoms with Gasteiger partial charge in [-0.2, -0.15) is 0 Å². The average Bonchev–Trinajstić information content (AvgIpc) is 2.38. The van der Waals surface area contributed by atoms with Crippen molar-refractivity contribution in [3.63, 3.8) is 0 Å². The van der Waals surface area contributed by atoms with Crippen LogP contribution in [0.2, 0.25) is 0 Å². The van der Waals surface area contributed by atoms with Crippen LogP contribution < -0.4 is 10.5 Å². The van der Waals surface area contributed by atoms with Crippen LogP contribution >= 0.6 is 11.8 Å². The van der Waals surface area contributed by atoms with Gasteiger partial charge in [-0.3, -0.25) is 0 Å². The maximum Gasteiger partial charge on any atom is 0.132 e. The van der Waals surface area contributed by atoms with Crippen LogP contribution in [0.3, 0.4) is 0 Å². The lowest BCUT2D eigenvalue weighted by Crippen LogP contribution is -2.38. The fourth-order valence-corrected chi connectivity index (χ4v) is 3.21. The van der Waals surface area contributed by atoms with Crippen LogP contribution in [0, 0.1) is 0 Å². The molecule has 0 amide bonds. The molecule has 0 bridgehead atoms. The molecule has 2 N–H and O–H groups in total. The van der Waals surface area contributed by atoms with E-state index < -0.39 is 0 Å². The van der Waals surface area contributed by atoms with Gasteiger partial charge >= 0.3 is 0 Å². The first-order valence-electron chi connectivity index (χ1n) is 6.21. The van der Waals surface area contributed by atoms with Crippen molar-refractivity contribution in [1.29, 1.82) is 0 Å². The Bertz CT molecular complexity index is 386. The Balaban J connectivity index is 2.32. The Morgan fingerprint density at radius 1 is 1.24 bits per heavy atom. The van der Waals surface area contributed by atoms with E-state index >= 15 is 0 Å². The topological polar surface area (TPSA) is 35.2 Å². The van der Waals surface area contributed by atoms with E-state index in [1.165, 1.54) is 29.7 Å². The molecular formula is C14H21NOS. The van der Waals surface area contributed by atoms with E-state index in [0.717, 1.165) is 18.6 Å². The van der Waals surface area contributed by atoms with Crippen molar-refractivity contribution < 1.29 is 4.74 Å². The molecule has 1 aliphatic rings. The Morgan fingerprint density at radius 2 is 1.94 bits per heavy atom. The summed E-state index contributed by atoms with van der Waals surface area (Å²) in [6.45, 7) is 0. The van der Waals surface area contributed by atoms with Crippen molar-refractivity contribution >= 4 is 11.8 Å². The number of thioether (sulfide) groups is 1. The molecule has 0 unspecified atom stereocenters. The fraction of sp³-hybridized carbons (Fsp3) is 0.571. The summed E-state index contributed by atoms with van der Waals surface area (Å²) < 4.78 is 5.35. The number of hydrogen-bond donors (Lipinski definition) is 1.